The van der Waals surface area contributed by atoms with E-state index in [4.69, 9.17) is 0 Å². The van der Waals surface area contributed by atoms with Crippen LogP contribution in [0.5, 0.6) is 0 Å². The second kappa shape index (κ2) is 6.94. The lowest BCUT2D eigenvalue weighted by molar-refractivity contribution is -0.116. The zero-order valence-corrected chi connectivity index (χ0v) is 10.1. The van der Waals surface area contributed by atoms with Crippen LogP contribution in [-0.4, -0.2) is 10.8 Å². The maximum Gasteiger partial charge on any atom is 0.133 e. The first kappa shape index (κ1) is 12.6. The Morgan fingerprint density at radius 3 is 2.81 bits per heavy atom. The van der Waals surface area contributed by atoms with Crippen molar-refractivity contribution in [3.05, 3.63) is 35.7 Å². The summed E-state index contributed by atoms with van der Waals surface area (Å²) in [4.78, 5) is 15.1. The van der Waals surface area contributed by atoms with Crippen molar-refractivity contribution in [1.82, 2.24) is 4.98 Å². The largest absolute Gasteiger partial charge is 0.300 e. The molecule has 0 saturated heterocycles. The average Bonchev–Trinajstić information content (AvgIpc) is 2.27. The molecule has 0 unspecified atom stereocenters. The Kier molecular flexibility index (Phi) is 5.48. The van der Waals surface area contributed by atoms with Gasteiger partial charge in [-0.05, 0) is 31.4 Å². The smallest absolute Gasteiger partial charge is 0.133 e. The van der Waals surface area contributed by atoms with Crippen molar-refractivity contribution >= 4 is 11.9 Å². The molecule has 0 bridgehead atoms. The number of Topliss-reactive ketones (excluding diaryl/α,β-unsaturated/α-hetero) is 1. The number of carbonyl (C=O) groups excluding carboxylic acids is 1. The normalized spacial score (nSPS) is 10.9. The van der Waals surface area contributed by atoms with E-state index in [-0.39, 0.29) is 5.78 Å². The second-order valence-corrected chi connectivity index (χ2v) is 3.99. The fraction of sp³-hybridized carbons (Fsp3) is 0.429. The Bertz CT molecular complexity index is 352. The Morgan fingerprint density at radius 2 is 2.25 bits per heavy atom. The summed E-state index contributed by atoms with van der Waals surface area (Å²) in [6.07, 6.45) is 9.62. The van der Waals surface area contributed by atoms with E-state index < -0.39 is 0 Å². The zero-order chi connectivity index (χ0) is 11.8. The fourth-order valence-electron chi connectivity index (χ4n) is 1.40. The number of hydrogen-bond donors (Lipinski definition) is 0. The molecular weight excluding hydrogens is 198 g/mol. The van der Waals surface area contributed by atoms with Gasteiger partial charge in [0.25, 0.3) is 0 Å². The first-order valence-corrected chi connectivity index (χ1v) is 5.83. The van der Waals surface area contributed by atoms with Crippen molar-refractivity contribution in [3.8, 4) is 0 Å². The third kappa shape index (κ3) is 4.87. The lowest BCUT2D eigenvalue weighted by Gasteiger charge is -1.99. The minimum atomic E-state index is 0.184. The van der Waals surface area contributed by atoms with E-state index in [1.165, 1.54) is 12.8 Å². The highest BCUT2D eigenvalue weighted by atomic mass is 16.1. The molecule has 0 atom stereocenters. The van der Waals surface area contributed by atoms with Crippen LogP contribution in [0.3, 0.4) is 0 Å². The van der Waals surface area contributed by atoms with Gasteiger partial charge in [-0.1, -0.05) is 31.6 Å². The summed E-state index contributed by atoms with van der Waals surface area (Å²) < 4.78 is 0. The van der Waals surface area contributed by atoms with Crippen LogP contribution in [0.4, 0.5) is 0 Å². The fourth-order valence-corrected chi connectivity index (χ4v) is 1.40. The van der Waals surface area contributed by atoms with E-state index in [1.807, 2.05) is 18.3 Å². The Balaban J connectivity index is 2.50. The number of aryl methyl sites for hydroxylation is 1. The molecule has 16 heavy (non-hydrogen) atoms. The SMILES string of the molecule is CCCCc1ccc(/C=C/CC(C)=O)cn1. The molecule has 0 aromatic carbocycles. The molecule has 0 fully saturated rings. The van der Waals surface area contributed by atoms with Crippen molar-refractivity contribution in [2.75, 3.05) is 0 Å². The molecule has 0 N–H and O–H groups in total. The van der Waals surface area contributed by atoms with Gasteiger partial charge in [-0.25, -0.2) is 0 Å². The van der Waals surface area contributed by atoms with Gasteiger partial charge in [0.1, 0.15) is 5.78 Å². The molecule has 1 aromatic rings. The molecule has 0 spiro atoms. The van der Waals surface area contributed by atoms with Gasteiger partial charge in [0.05, 0.1) is 0 Å². The van der Waals surface area contributed by atoms with E-state index in [9.17, 15) is 4.79 Å². The van der Waals surface area contributed by atoms with Crippen molar-refractivity contribution in [2.24, 2.45) is 0 Å². The number of nitrogens with zero attached hydrogens (tertiary/aromatic N) is 1. The molecule has 86 valence electrons. The number of rotatable bonds is 6. The highest BCUT2D eigenvalue weighted by Crippen LogP contribution is 2.06. The molecule has 0 amide bonds. The zero-order valence-electron chi connectivity index (χ0n) is 10.1. The maximum atomic E-state index is 10.7. The summed E-state index contributed by atoms with van der Waals surface area (Å²) in [6.45, 7) is 3.77. The van der Waals surface area contributed by atoms with Crippen LogP contribution in [0.1, 0.15) is 44.4 Å². The standard InChI is InChI=1S/C14H19NO/c1-3-4-8-14-10-9-13(11-15-14)7-5-6-12(2)16/h5,7,9-11H,3-4,6,8H2,1-2H3/b7-5+. The predicted octanol–water partition coefficient (Wildman–Crippen LogP) is 3.42. The van der Waals surface area contributed by atoms with Crippen LogP contribution < -0.4 is 0 Å². The van der Waals surface area contributed by atoms with Gasteiger partial charge < -0.3 is 0 Å². The van der Waals surface area contributed by atoms with Crippen LogP contribution >= 0.6 is 0 Å². The number of hydrogen-bond acceptors (Lipinski definition) is 2. The van der Waals surface area contributed by atoms with Crippen LogP contribution in [0, 0.1) is 0 Å². The topological polar surface area (TPSA) is 30.0 Å². The van der Waals surface area contributed by atoms with Crippen LogP contribution in [0.25, 0.3) is 6.08 Å². The highest BCUT2D eigenvalue weighted by Gasteiger charge is 1.94. The highest BCUT2D eigenvalue weighted by molar-refractivity contribution is 5.78. The third-order valence-electron chi connectivity index (χ3n) is 2.35. The third-order valence-corrected chi connectivity index (χ3v) is 2.35. The van der Waals surface area contributed by atoms with Gasteiger partial charge in [0.2, 0.25) is 0 Å². The van der Waals surface area contributed by atoms with Gasteiger partial charge in [-0.15, -0.1) is 0 Å². The van der Waals surface area contributed by atoms with Crippen molar-refractivity contribution in [3.63, 3.8) is 0 Å². The molecule has 2 nitrogen and oxygen atoms in total. The number of unbranched alkanes of at least 4 members (excludes halogenated alkanes) is 1. The van der Waals surface area contributed by atoms with Crippen molar-refractivity contribution in [1.29, 1.82) is 0 Å². The lowest BCUT2D eigenvalue weighted by Crippen LogP contribution is -1.89. The molecule has 0 radical (unpaired) electrons. The molecule has 0 saturated carbocycles. The van der Waals surface area contributed by atoms with E-state index in [2.05, 4.69) is 24.0 Å². The number of pyridine rings is 1. The summed E-state index contributed by atoms with van der Waals surface area (Å²) in [5.41, 5.74) is 2.20. The van der Waals surface area contributed by atoms with Gasteiger partial charge in [-0.3, -0.25) is 9.78 Å². The van der Waals surface area contributed by atoms with Gasteiger partial charge in [-0.2, -0.15) is 0 Å². The molecule has 1 aromatic heterocycles. The number of aromatic nitrogens is 1. The number of carbonyl (C=O) groups is 1. The Hall–Kier alpha value is -1.44. The second-order valence-electron chi connectivity index (χ2n) is 3.99. The summed E-state index contributed by atoms with van der Waals surface area (Å²) in [5.74, 6) is 0.184. The first-order valence-electron chi connectivity index (χ1n) is 5.83. The van der Waals surface area contributed by atoms with E-state index in [1.54, 1.807) is 6.92 Å². The minimum Gasteiger partial charge on any atom is -0.300 e. The average molecular weight is 217 g/mol. The Morgan fingerprint density at radius 1 is 1.44 bits per heavy atom. The quantitative estimate of drug-likeness (QED) is 0.730. The van der Waals surface area contributed by atoms with Gasteiger partial charge >= 0.3 is 0 Å². The molecule has 1 rings (SSSR count). The lowest BCUT2D eigenvalue weighted by atomic mass is 10.1. The Labute approximate surface area is 97.4 Å². The van der Waals surface area contributed by atoms with Crippen LogP contribution in [0.15, 0.2) is 24.4 Å². The summed E-state index contributed by atoms with van der Waals surface area (Å²) >= 11 is 0. The maximum absolute atomic E-state index is 10.7. The monoisotopic (exact) mass is 217 g/mol. The van der Waals surface area contributed by atoms with Crippen LogP contribution in [-0.2, 0) is 11.2 Å². The van der Waals surface area contributed by atoms with Crippen LogP contribution in [0.2, 0.25) is 0 Å². The number of allylic oxidation sites excluding steroid dienone is 1. The summed E-state index contributed by atoms with van der Waals surface area (Å²) in [5, 5.41) is 0. The van der Waals surface area contributed by atoms with Crippen molar-refractivity contribution < 1.29 is 4.79 Å². The first-order chi connectivity index (χ1) is 7.72. The molecular formula is C14H19NO. The molecule has 0 aliphatic heterocycles. The molecule has 2 heteroatoms. The van der Waals surface area contributed by atoms with Gasteiger partial charge in [0.15, 0.2) is 0 Å². The van der Waals surface area contributed by atoms with E-state index >= 15 is 0 Å². The van der Waals surface area contributed by atoms with E-state index in [0.29, 0.717) is 6.42 Å². The molecule has 0 aliphatic carbocycles. The van der Waals surface area contributed by atoms with Gasteiger partial charge in [0, 0.05) is 18.3 Å². The molecule has 1 heterocycles. The minimum absolute atomic E-state index is 0.184. The van der Waals surface area contributed by atoms with Crippen molar-refractivity contribution in [2.45, 2.75) is 39.5 Å². The van der Waals surface area contributed by atoms with E-state index in [0.717, 1.165) is 17.7 Å². The molecule has 0 aliphatic rings. The summed E-state index contributed by atoms with van der Waals surface area (Å²) in [7, 11) is 0. The number of ketones is 1. The predicted molar refractivity (Wildman–Crippen MR) is 67.2 cm³/mol. The summed E-state index contributed by atoms with van der Waals surface area (Å²) in [6, 6.07) is 4.11.